The molecular weight excluding hydrogens is 262 g/mol. The summed E-state index contributed by atoms with van der Waals surface area (Å²) in [5.41, 5.74) is 1.22. The van der Waals surface area contributed by atoms with Crippen molar-refractivity contribution in [2.75, 3.05) is 39.8 Å². The Kier molecular flexibility index (Phi) is 4.27. The first kappa shape index (κ1) is 14.5. The summed E-state index contributed by atoms with van der Waals surface area (Å²) < 4.78 is 0. The van der Waals surface area contributed by atoms with Gasteiger partial charge in [-0.2, -0.15) is 0 Å². The first-order valence-electron chi connectivity index (χ1n) is 7.90. The third kappa shape index (κ3) is 3.11. The molecule has 1 aromatic rings. The fraction of sp³-hybridized carbons (Fsp3) is 0.588. The van der Waals surface area contributed by atoms with E-state index in [-0.39, 0.29) is 5.92 Å². The van der Waals surface area contributed by atoms with Crippen molar-refractivity contribution in [3.63, 3.8) is 0 Å². The van der Waals surface area contributed by atoms with Crippen molar-refractivity contribution >= 4 is 5.91 Å². The van der Waals surface area contributed by atoms with E-state index in [1.807, 2.05) is 23.1 Å². The number of hydrogen-bond acceptors (Lipinski definition) is 3. The molecule has 4 heteroatoms. The van der Waals surface area contributed by atoms with Crippen LogP contribution in [-0.4, -0.2) is 66.4 Å². The quantitative estimate of drug-likeness (QED) is 0.838. The van der Waals surface area contributed by atoms with Crippen LogP contribution in [0.1, 0.15) is 12.5 Å². The molecule has 114 valence electrons. The second-order valence-electron chi connectivity index (χ2n) is 6.40. The van der Waals surface area contributed by atoms with Gasteiger partial charge in [-0.05, 0) is 12.6 Å². The maximum Gasteiger partial charge on any atom is 0.227 e. The van der Waals surface area contributed by atoms with E-state index < -0.39 is 0 Å². The molecule has 0 aliphatic carbocycles. The third-order valence-electron chi connectivity index (χ3n) is 4.91. The van der Waals surface area contributed by atoms with Gasteiger partial charge in [0.1, 0.15) is 0 Å². The van der Waals surface area contributed by atoms with Gasteiger partial charge in [0.25, 0.3) is 0 Å². The van der Waals surface area contributed by atoms with Crippen LogP contribution in [0.15, 0.2) is 30.3 Å². The Balaban J connectivity index is 1.65. The predicted molar refractivity (Wildman–Crippen MR) is 83.9 cm³/mol. The minimum atomic E-state index is 0.122. The van der Waals surface area contributed by atoms with Gasteiger partial charge in [0, 0.05) is 45.3 Å². The number of benzene rings is 1. The van der Waals surface area contributed by atoms with Crippen molar-refractivity contribution in [3.8, 4) is 0 Å². The Bertz CT molecular complexity index is 482. The van der Waals surface area contributed by atoms with Crippen molar-refractivity contribution in [3.05, 3.63) is 35.9 Å². The second-order valence-corrected chi connectivity index (χ2v) is 6.40. The molecule has 0 aromatic heterocycles. The van der Waals surface area contributed by atoms with Crippen LogP contribution in [0.4, 0.5) is 0 Å². The summed E-state index contributed by atoms with van der Waals surface area (Å²) >= 11 is 0. The monoisotopic (exact) mass is 287 g/mol. The molecule has 2 heterocycles. The van der Waals surface area contributed by atoms with Crippen LogP contribution in [0.3, 0.4) is 0 Å². The van der Waals surface area contributed by atoms with Crippen molar-refractivity contribution in [1.82, 2.24) is 14.7 Å². The molecule has 2 atom stereocenters. The molecule has 4 nitrogen and oxygen atoms in total. The van der Waals surface area contributed by atoms with Gasteiger partial charge in [0.05, 0.1) is 5.92 Å². The van der Waals surface area contributed by atoms with Crippen LogP contribution in [0, 0.1) is 5.92 Å². The Morgan fingerprint density at radius 3 is 2.43 bits per heavy atom. The van der Waals surface area contributed by atoms with Crippen LogP contribution >= 0.6 is 0 Å². The molecule has 2 aliphatic heterocycles. The summed E-state index contributed by atoms with van der Waals surface area (Å²) in [7, 11) is 2.17. The lowest BCUT2D eigenvalue weighted by Crippen LogP contribution is -2.51. The van der Waals surface area contributed by atoms with E-state index in [2.05, 4.69) is 35.9 Å². The molecule has 1 aromatic carbocycles. The van der Waals surface area contributed by atoms with Gasteiger partial charge in [-0.25, -0.2) is 0 Å². The average Bonchev–Trinajstić information content (AvgIpc) is 2.78. The van der Waals surface area contributed by atoms with Gasteiger partial charge in [0.15, 0.2) is 0 Å². The molecule has 21 heavy (non-hydrogen) atoms. The van der Waals surface area contributed by atoms with E-state index in [1.54, 1.807) is 0 Å². The highest BCUT2D eigenvalue weighted by atomic mass is 16.2. The summed E-state index contributed by atoms with van der Waals surface area (Å²) in [6.45, 7) is 8.09. The molecule has 0 N–H and O–H groups in total. The van der Waals surface area contributed by atoms with Crippen molar-refractivity contribution in [2.45, 2.75) is 19.5 Å². The molecule has 0 spiro atoms. The Morgan fingerprint density at radius 1 is 1.10 bits per heavy atom. The molecule has 1 amide bonds. The van der Waals surface area contributed by atoms with Crippen molar-refractivity contribution in [1.29, 1.82) is 0 Å². The van der Waals surface area contributed by atoms with Gasteiger partial charge >= 0.3 is 0 Å². The normalized spacial score (nSPS) is 28.3. The summed E-state index contributed by atoms with van der Waals surface area (Å²) in [5.74, 6) is 0.430. The van der Waals surface area contributed by atoms with Crippen LogP contribution in [0.2, 0.25) is 0 Å². The van der Waals surface area contributed by atoms with Crippen LogP contribution in [0.25, 0.3) is 0 Å². The minimum absolute atomic E-state index is 0.122. The molecule has 2 saturated heterocycles. The lowest BCUT2D eigenvalue weighted by Gasteiger charge is -2.37. The first-order chi connectivity index (χ1) is 10.1. The van der Waals surface area contributed by atoms with Crippen LogP contribution in [0.5, 0.6) is 0 Å². The Labute approximate surface area is 127 Å². The molecule has 0 saturated carbocycles. The molecule has 0 bridgehead atoms. The number of rotatable bonds is 3. The lowest BCUT2D eigenvalue weighted by molar-refractivity contribution is -0.131. The number of carbonyl (C=O) groups excluding carboxylic acids is 1. The van der Waals surface area contributed by atoms with E-state index in [9.17, 15) is 4.79 Å². The summed E-state index contributed by atoms with van der Waals surface area (Å²) in [6, 6.07) is 10.7. The van der Waals surface area contributed by atoms with Gasteiger partial charge in [-0.3, -0.25) is 9.69 Å². The molecule has 2 fully saturated rings. The van der Waals surface area contributed by atoms with E-state index in [4.69, 9.17) is 0 Å². The molecule has 0 radical (unpaired) electrons. The number of hydrogen-bond donors (Lipinski definition) is 0. The summed E-state index contributed by atoms with van der Waals surface area (Å²) in [5, 5.41) is 0. The number of piperazine rings is 1. The van der Waals surface area contributed by atoms with E-state index in [0.717, 1.165) is 39.3 Å². The zero-order chi connectivity index (χ0) is 14.8. The zero-order valence-corrected chi connectivity index (χ0v) is 13.0. The first-order valence-corrected chi connectivity index (χ1v) is 7.90. The highest BCUT2D eigenvalue weighted by Crippen LogP contribution is 2.25. The topological polar surface area (TPSA) is 26.8 Å². The predicted octanol–water partition coefficient (Wildman–Crippen LogP) is 1.28. The molecule has 2 aliphatic rings. The number of likely N-dealkylation sites (N-methyl/N-ethyl adjacent to an activating group) is 1. The Hall–Kier alpha value is -1.39. The van der Waals surface area contributed by atoms with E-state index in [0.29, 0.717) is 11.9 Å². The van der Waals surface area contributed by atoms with Gasteiger partial charge in [-0.1, -0.05) is 37.3 Å². The zero-order valence-electron chi connectivity index (χ0n) is 13.0. The standard InChI is InChI=1S/C17H25N3O/c1-14-16(19-10-8-18(2)9-11-19)13-20(17(14)21)12-15-6-4-3-5-7-15/h3-7,14,16H,8-13H2,1-2H3. The number of likely N-dealkylation sites (tertiary alicyclic amines) is 1. The van der Waals surface area contributed by atoms with Gasteiger partial charge in [-0.15, -0.1) is 0 Å². The fourth-order valence-corrected chi connectivity index (χ4v) is 3.46. The smallest absolute Gasteiger partial charge is 0.227 e. The largest absolute Gasteiger partial charge is 0.336 e. The van der Waals surface area contributed by atoms with Crippen LogP contribution < -0.4 is 0 Å². The summed E-state index contributed by atoms with van der Waals surface area (Å²) in [4.78, 5) is 19.4. The van der Waals surface area contributed by atoms with Crippen molar-refractivity contribution in [2.24, 2.45) is 5.92 Å². The molecule has 2 unspecified atom stereocenters. The van der Waals surface area contributed by atoms with E-state index >= 15 is 0 Å². The average molecular weight is 287 g/mol. The van der Waals surface area contributed by atoms with E-state index in [1.165, 1.54) is 5.56 Å². The second kappa shape index (κ2) is 6.16. The minimum Gasteiger partial charge on any atom is -0.336 e. The number of nitrogens with zero attached hydrogens (tertiary/aromatic N) is 3. The lowest BCUT2D eigenvalue weighted by atomic mass is 10.0. The SMILES string of the molecule is CC1C(=O)N(Cc2ccccc2)CC1N1CCN(C)CC1. The Morgan fingerprint density at radius 2 is 1.76 bits per heavy atom. The molecule has 3 rings (SSSR count). The summed E-state index contributed by atoms with van der Waals surface area (Å²) in [6.07, 6.45) is 0. The molecular formula is C17H25N3O. The third-order valence-corrected chi connectivity index (χ3v) is 4.91. The fourth-order valence-electron chi connectivity index (χ4n) is 3.46. The highest BCUT2D eigenvalue weighted by molar-refractivity contribution is 5.81. The maximum absolute atomic E-state index is 12.5. The van der Waals surface area contributed by atoms with Crippen molar-refractivity contribution < 1.29 is 4.79 Å². The van der Waals surface area contributed by atoms with Crippen LogP contribution in [-0.2, 0) is 11.3 Å². The number of carbonyl (C=O) groups is 1. The van der Waals surface area contributed by atoms with Gasteiger partial charge < -0.3 is 9.80 Å². The van der Waals surface area contributed by atoms with Gasteiger partial charge in [0.2, 0.25) is 5.91 Å². The highest BCUT2D eigenvalue weighted by Gasteiger charge is 2.40. The number of amides is 1. The maximum atomic E-state index is 12.5.